The van der Waals surface area contributed by atoms with E-state index in [2.05, 4.69) is 79.5 Å². The van der Waals surface area contributed by atoms with Crippen molar-refractivity contribution in [2.45, 2.75) is 0 Å². The van der Waals surface area contributed by atoms with Gasteiger partial charge in [-0.2, -0.15) is 5.26 Å². The minimum absolute atomic E-state index is 0.524. The first-order valence-electron chi connectivity index (χ1n) is 16.2. The first kappa shape index (κ1) is 28.8. The Balaban J connectivity index is 1.28. The number of hydrogen-bond donors (Lipinski definition) is 0. The van der Waals surface area contributed by atoms with Crippen molar-refractivity contribution < 1.29 is 0 Å². The Morgan fingerprint density at radius 1 is 0.480 bits per heavy atom. The molecule has 0 unspecified atom stereocenters. The Morgan fingerprint density at radius 3 is 1.72 bits per heavy atom. The van der Waals surface area contributed by atoms with Gasteiger partial charge in [0.2, 0.25) is 0 Å². The summed E-state index contributed by atoms with van der Waals surface area (Å²) in [7, 11) is 0. The number of nitriles is 1. The standard InChI is InChI=1S/C45H25N5/c1-47-31-23-25-44-37(27-31)35-14-5-9-20-42(35)50(44)43-21-10-6-15-36(43)45-32(16-11-17-38(45)48-2)29-22-24-39(30(26-29)28-46)49-40-18-7-3-12-33(40)34-13-4-8-19-41(34)49/h3-27H. The second kappa shape index (κ2) is 11.4. The lowest BCUT2D eigenvalue weighted by molar-refractivity contribution is 1.17. The predicted molar refractivity (Wildman–Crippen MR) is 203 cm³/mol. The highest BCUT2D eigenvalue weighted by Crippen LogP contribution is 2.45. The summed E-state index contributed by atoms with van der Waals surface area (Å²) in [6.07, 6.45) is 0. The van der Waals surface area contributed by atoms with Gasteiger partial charge in [-0.1, -0.05) is 103 Å². The van der Waals surface area contributed by atoms with Crippen LogP contribution in [0.2, 0.25) is 0 Å². The summed E-state index contributed by atoms with van der Waals surface area (Å²) in [6, 6.07) is 53.1. The molecular weight excluding hydrogens is 611 g/mol. The Hall–Kier alpha value is -7.39. The summed E-state index contributed by atoms with van der Waals surface area (Å²) in [5, 5.41) is 14.9. The predicted octanol–water partition coefficient (Wildman–Crippen LogP) is 12.2. The summed E-state index contributed by atoms with van der Waals surface area (Å²) in [6.45, 7) is 15.9. The van der Waals surface area contributed by atoms with Gasteiger partial charge in [0.05, 0.1) is 52.1 Å². The fourth-order valence-corrected chi connectivity index (χ4v) is 7.50. The maximum absolute atomic E-state index is 10.6. The summed E-state index contributed by atoms with van der Waals surface area (Å²) >= 11 is 0. The van der Waals surface area contributed by atoms with Crippen molar-refractivity contribution in [2.75, 3.05) is 0 Å². The van der Waals surface area contributed by atoms with Crippen LogP contribution >= 0.6 is 0 Å². The van der Waals surface area contributed by atoms with E-state index in [0.717, 1.165) is 77.2 Å². The van der Waals surface area contributed by atoms with E-state index in [9.17, 15) is 5.26 Å². The van der Waals surface area contributed by atoms with Crippen LogP contribution in [0.15, 0.2) is 152 Å². The van der Waals surface area contributed by atoms with Gasteiger partial charge in [-0.3, -0.25) is 0 Å². The molecule has 5 nitrogen and oxygen atoms in total. The Labute approximate surface area is 288 Å². The molecule has 7 aromatic carbocycles. The Bertz CT molecular complexity index is 2920. The molecule has 0 aliphatic rings. The van der Waals surface area contributed by atoms with Crippen molar-refractivity contribution in [1.29, 1.82) is 5.26 Å². The van der Waals surface area contributed by atoms with E-state index in [1.807, 2.05) is 97.1 Å². The molecule has 0 radical (unpaired) electrons. The zero-order valence-electron chi connectivity index (χ0n) is 26.7. The summed E-state index contributed by atoms with van der Waals surface area (Å²) < 4.78 is 4.39. The average molecular weight is 636 g/mol. The highest BCUT2D eigenvalue weighted by Gasteiger charge is 2.21. The zero-order chi connectivity index (χ0) is 33.8. The molecule has 0 fully saturated rings. The lowest BCUT2D eigenvalue weighted by Gasteiger charge is -2.19. The fraction of sp³-hybridized carbons (Fsp3) is 0. The number of benzene rings is 7. The van der Waals surface area contributed by atoms with E-state index in [-0.39, 0.29) is 0 Å². The molecule has 0 atom stereocenters. The molecule has 0 aliphatic carbocycles. The smallest absolute Gasteiger partial charge is 0.195 e. The van der Waals surface area contributed by atoms with E-state index >= 15 is 0 Å². The average Bonchev–Trinajstić information content (AvgIpc) is 3.69. The molecule has 0 bridgehead atoms. The zero-order valence-corrected chi connectivity index (χ0v) is 26.7. The van der Waals surface area contributed by atoms with Gasteiger partial charge in [-0.15, -0.1) is 0 Å². The van der Waals surface area contributed by atoms with Crippen LogP contribution in [0.3, 0.4) is 0 Å². The van der Waals surface area contributed by atoms with Crippen molar-refractivity contribution in [3.8, 4) is 39.7 Å². The third kappa shape index (κ3) is 4.24. The second-order valence-electron chi connectivity index (χ2n) is 12.2. The topological polar surface area (TPSA) is 42.4 Å². The monoisotopic (exact) mass is 635 g/mol. The van der Waals surface area contributed by atoms with E-state index in [1.165, 1.54) is 0 Å². The molecule has 0 N–H and O–H groups in total. The SMILES string of the molecule is [C-]#[N+]c1ccc2c(c1)c1ccccc1n2-c1ccccc1-c1c([N+]#[C-])cccc1-c1ccc(-n2c3ccccc3c3ccccc32)c(C#N)c1. The van der Waals surface area contributed by atoms with Crippen molar-refractivity contribution in [2.24, 2.45) is 0 Å². The molecule has 0 spiro atoms. The summed E-state index contributed by atoms with van der Waals surface area (Å²) in [4.78, 5) is 7.70. The number of rotatable bonds is 4. The van der Waals surface area contributed by atoms with Crippen LogP contribution in [0, 0.1) is 24.5 Å². The van der Waals surface area contributed by atoms with Gasteiger partial charge >= 0.3 is 0 Å². The number of para-hydroxylation sites is 4. The number of nitrogens with zero attached hydrogens (tertiary/aromatic N) is 5. The third-order valence-corrected chi connectivity index (χ3v) is 9.61. The van der Waals surface area contributed by atoms with Crippen LogP contribution in [-0.2, 0) is 0 Å². The quantitative estimate of drug-likeness (QED) is 0.177. The molecule has 9 rings (SSSR count). The number of hydrogen-bond acceptors (Lipinski definition) is 1. The lowest BCUT2D eigenvalue weighted by Crippen LogP contribution is -1.99. The second-order valence-corrected chi connectivity index (χ2v) is 12.2. The number of aromatic nitrogens is 2. The van der Waals surface area contributed by atoms with Crippen LogP contribution in [0.1, 0.15) is 5.56 Å². The fourth-order valence-electron chi connectivity index (χ4n) is 7.50. The van der Waals surface area contributed by atoms with E-state index < -0.39 is 0 Å². The molecule has 0 saturated carbocycles. The largest absolute Gasteiger partial charge is 0.309 e. The van der Waals surface area contributed by atoms with E-state index in [1.54, 1.807) is 0 Å². The van der Waals surface area contributed by atoms with Gasteiger partial charge in [0.1, 0.15) is 6.07 Å². The van der Waals surface area contributed by atoms with E-state index in [0.29, 0.717) is 16.9 Å². The first-order valence-corrected chi connectivity index (χ1v) is 16.2. The minimum atomic E-state index is 0.524. The highest BCUT2D eigenvalue weighted by atomic mass is 15.0. The molecule has 2 aromatic heterocycles. The van der Waals surface area contributed by atoms with Gasteiger partial charge in [0, 0.05) is 16.2 Å². The Morgan fingerprint density at radius 2 is 1.06 bits per heavy atom. The van der Waals surface area contributed by atoms with Gasteiger partial charge in [-0.05, 0) is 76.2 Å². The molecule has 0 amide bonds. The normalized spacial score (nSPS) is 11.1. The Kier molecular flexibility index (Phi) is 6.56. The summed E-state index contributed by atoms with van der Waals surface area (Å²) in [5.41, 5.74) is 10.9. The molecule has 0 aliphatic heterocycles. The van der Waals surface area contributed by atoms with Gasteiger partial charge < -0.3 is 9.13 Å². The molecule has 5 heteroatoms. The maximum atomic E-state index is 10.6. The van der Waals surface area contributed by atoms with Crippen molar-refractivity contribution in [1.82, 2.24) is 9.13 Å². The van der Waals surface area contributed by atoms with E-state index in [4.69, 9.17) is 13.1 Å². The molecule has 0 saturated heterocycles. The number of fused-ring (bicyclic) bond motifs is 6. The lowest BCUT2D eigenvalue weighted by atomic mass is 9.91. The summed E-state index contributed by atoms with van der Waals surface area (Å²) in [5.74, 6) is 0. The first-order chi connectivity index (χ1) is 24.7. The molecule has 2 heterocycles. The third-order valence-electron chi connectivity index (χ3n) is 9.61. The van der Waals surface area contributed by atoms with Crippen LogP contribution in [0.4, 0.5) is 11.4 Å². The highest BCUT2D eigenvalue weighted by molar-refractivity contribution is 6.12. The van der Waals surface area contributed by atoms with Gasteiger partial charge in [0.25, 0.3) is 0 Å². The molecule has 50 heavy (non-hydrogen) atoms. The van der Waals surface area contributed by atoms with Crippen LogP contribution < -0.4 is 0 Å². The molecular formula is C45H25N5. The van der Waals surface area contributed by atoms with Crippen molar-refractivity contribution in [3.63, 3.8) is 0 Å². The van der Waals surface area contributed by atoms with Crippen molar-refractivity contribution >= 4 is 55.0 Å². The van der Waals surface area contributed by atoms with Gasteiger partial charge in [0.15, 0.2) is 11.4 Å². The van der Waals surface area contributed by atoms with Crippen LogP contribution in [-0.4, -0.2) is 9.13 Å². The maximum Gasteiger partial charge on any atom is 0.195 e. The van der Waals surface area contributed by atoms with Crippen molar-refractivity contribution in [3.05, 3.63) is 180 Å². The van der Waals surface area contributed by atoms with Crippen LogP contribution in [0.25, 0.3) is 86.9 Å². The minimum Gasteiger partial charge on any atom is -0.309 e. The van der Waals surface area contributed by atoms with Gasteiger partial charge in [-0.25, -0.2) is 9.69 Å². The molecule has 9 aromatic rings. The molecule has 230 valence electrons. The van der Waals surface area contributed by atoms with Crippen LogP contribution in [0.5, 0.6) is 0 Å².